The van der Waals surface area contributed by atoms with Gasteiger partial charge in [-0.15, -0.1) is 17.0 Å². The second-order valence-electron chi connectivity index (χ2n) is 5.44. The lowest BCUT2D eigenvalue weighted by Gasteiger charge is -2.18. The number of carbonyl (C=O) groups is 2. The second-order valence-corrected chi connectivity index (χ2v) is 5.44. The van der Waals surface area contributed by atoms with Crippen molar-refractivity contribution >= 4 is 29.0 Å². The van der Waals surface area contributed by atoms with Crippen LogP contribution in [0, 0.1) is 0 Å². The van der Waals surface area contributed by atoms with Gasteiger partial charge >= 0.3 is 6.03 Å². The topological polar surface area (TPSA) is 64.3 Å². The first-order valence-corrected chi connectivity index (χ1v) is 7.39. The van der Waals surface area contributed by atoms with E-state index in [0.717, 1.165) is 31.4 Å². The number of aliphatic carboxylic acids is 1. The highest BCUT2D eigenvalue weighted by Crippen LogP contribution is 2.23. The van der Waals surface area contributed by atoms with Crippen LogP contribution in [0.2, 0.25) is 0 Å². The number of hydrogen-bond acceptors (Lipinski definition) is 3. The summed E-state index contributed by atoms with van der Waals surface area (Å²) < 4.78 is 1.53. The fraction of sp³-hybridized carbons (Fsp3) is 0.562. The van der Waals surface area contributed by atoms with Crippen LogP contribution in [0.3, 0.4) is 0 Å². The summed E-state index contributed by atoms with van der Waals surface area (Å²) in [5.74, 6) is -1.28. The molecule has 1 aromatic heterocycles. The van der Waals surface area contributed by atoms with Crippen LogP contribution in [0.4, 0.5) is 4.79 Å². The van der Waals surface area contributed by atoms with Gasteiger partial charge in [0.05, 0.1) is 20.3 Å². The minimum Gasteiger partial charge on any atom is -0.550 e. The molecule has 5 nitrogen and oxygen atoms in total. The number of rotatable bonds is 7. The summed E-state index contributed by atoms with van der Waals surface area (Å²) >= 11 is 0. The molecule has 0 spiro atoms. The highest BCUT2D eigenvalue weighted by molar-refractivity contribution is 8.93. The van der Waals surface area contributed by atoms with Crippen LogP contribution in [0.25, 0.3) is 0 Å². The Kier molecular flexibility index (Phi) is 9.65. The normalized spacial score (nSPS) is 11.4. The standard InChI is InChI=1S/C16H24N2O3.BrH/c1-4-5-6-9-13(12-15(19)20)14-10-7-8-11-18(14)16(21)17(2)3;/h7-8,10-11,13H,4-6,9,12H2,1-3H3;1H. The second kappa shape index (κ2) is 10.3. The van der Waals surface area contributed by atoms with E-state index in [2.05, 4.69) is 6.92 Å². The van der Waals surface area contributed by atoms with Gasteiger partial charge in [-0.2, -0.15) is 9.36 Å². The minimum absolute atomic E-state index is 0. The molecule has 1 atom stereocenters. The van der Waals surface area contributed by atoms with E-state index >= 15 is 0 Å². The Balaban J connectivity index is 0.00000441. The Bertz CT molecular complexity index is 492. The van der Waals surface area contributed by atoms with Crippen LogP contribution in [0.5, 0.6) is 0 Å². The number of carbonyl (C=O) groups excluding carboxylic acids is 2. The number of carboxylic acid groups (broad SMARTS) is 1. The van der Waals surface area contributed by atoms with E-state index in [1.165, 1.54) is 9.47 Å². The first-order chi connectivity index (χ1) is 9.97. The summed E-state index contributed by atoms with van der Waals surface area (Å²) in [7, 11) is 3.36. The van der Waals surface area contributed by atoms with Gasteiger partial charge in [-0.05, 0) is 25.0 Å². The van der Waals surface area contributed by atoms with Gasteiger partial charge < -0.3 is 9.90 Å². The van der Waals surface area contributed by atoms with Crippen LogP contribution in [0.1, 0.15) is 50.6 Å². The largest absolute Gasteiger partial charge is 0.550 e. The van der Waals surface area contributed by atoms with E-state index < -0.39 is 5.97 Å². The van der Waals surface area contributed by atoms with Crippen molar-refractivity contribution in [3.8, 4) is 0 Å². The molecular formula is C16H25BrN2O3. The third-order valence-electron chi connectivity index (χ3n) is 3.47. The van der Waals surface area contributed by atoms with E-state index in [9.17, 15) is 14.7 Å². The molecule has 0 aliphatic heterocycles. The molecule has 6 heteroatoms. The molecule has 0 aliphatic rings. The molecule has 1 unspecified atom stereocenters. The Morgan fingerprint density at radius 2 is 1.95 bits per heavy atom. The first-order valence-electron chi connectivity index (χ1n) is 7.39. The molecule has 0 N–H and O–H groups in total. The number of nitrogens with zero attached hydrogens (tertiary/aromatic N) is 2. The van der Waals surface area contributed by atoms with E-state index in [-0.39, 0.29) is 35.4 Å². The maximum atomic E-state index is 12.2. The Hall–Kier alpha value is -1.43. The van der Waals surface area contributed by atoms with Crippen LogP contribution in [-0.2, 0) is 4.79 Å². The lowest BCUT2D eigenvalue weighted by atomic mass is 9.93. The smallest absolute Gasteiger partial charge is 0.497 e. The zero-order chi connectivity index (χ0) is 15.8. The molecule has 1 heterocycles. The average Bonchev–Trinajstić information content (AvgIpc) is 2.45. The van der Waals surface area contributed by atoms with Gasteiger partial charge in [0, 0.05) is 11.9 Å². The molecule has 0 saturated heterocycles. The molecule has 0 radical (unpaired) electrons. The summed E-state index contributed by atoms with van der Waals surface area (Å²) in [6.07, 6.45) is 5.43. The zero-order valence-corrected chi connectivity index (χ0v) is 15.2. The van der Waals surface area contributed by atoms with Crippen LogP contribution in [0.15, 0.2) is 24.4 Å². The predicted molar refractivity (Wildman–Crippen MR) is 87.9 cm³/mol. The summed E-state index contributed by atoms with van der Waals surface area (Å²) in [6.45, 7) is 2.10. The number of aromatic nitrogens is 1. The average molecular weight is 373 g/mol. The molecule has 1 rings (SSSR count). The SMILES string of the molecule is Br.CCCCCC(CC(=O)[O-])c1cccc[n+]1C(=O)N(C)C. The number of pyridine rings is 1. The fourth-order valence-corrected chi connectivity index (χ4v) is 2.38. The van der Waals surface area contributed by atoms with Crippen molar-refractivity contribution in [3.63, 3.8) is 0 Å². The molecule has 0 aromatic carbocycles. The minimum atomic E-state index is -1.08. The molecule has 22 heavy (non-hydrogen) atoms. The zero-order valence-electron chi connectivity index (χ0n) is 13.4. The van der Waals surface area contributed by atoms with Gasteiger partial charge in [-0.25, -0.2) is 4.90 Å². The summed E-state index contributed by atoms with van der Waals surface area (Å²) in [4.78, 5) is 24.7. The molecular weight excluding hydrogens is 348 g/mol. The molecule has 0 saturated carbocycles. The van der Waals surface area contributed by atoms with Crippen LogP contribution in [-0.4, -0.2) is 31.0 Å². The molecule has 0 aliphatic carbocycles. The number of hydrogen-bond donors (Lipinski definition) is 0. The van der Waals surface area contributed by atoms with E-state index in [4.69, 9.17) is 0 Å². The molecule has 0 fully saturated rings. The monoisotopic (exact) mass is 372 g/mol. The van der Waals surface area contributed by atoms with Gasteiger partial charge in [-0.1, -0.05) is 32.3 Å². The molecule has 124 valence electrons. The third kappa shape index (κ3) is 6.13. The maximum Gasteiger partial charge on any atom is 0.497 e. The lowest BCUT2D eigenvalue weighted by molar-refractivity contribution is -0.588. The highest BCUT2D eigenvalue weighted by atomic mass is 79.9. The van der Waals surface area contributed by atoms with Gasteiger partial charge in [0.1, 0.15) is 5.69 Å². The van der Waals surface area contributed by atoms with Gasteiger partial charge in [0.2, 0.25) is 0 Å². The quantitative estimate of drug-likeness (QED) is 0.542. The molecule has 1 aromatic rings. The van der Waals surface area contributed by atoms with Gasteiger partial charge in [0.15, 0.2) is 0 Å². The van der Waals surface area contributed by atoms with Crippen molar-refractivity contribution in [3.05, 3.63) is 30.1 Å². The van der Waals surface area contributed by atoms with E-state index in [1.807, 2.05) is 12.1 Å². The summed E-state index contributed by atoms with van der Waals surface area (Å²) in [5.41, 5.74) is 0.733. The van der Waals surface area contributed by atoms with Crippen molar-refractivity contribution < 1.29 is 19.3 Å². The van der Waals surface area contributed by atoms with Crippen molar-refractivity contribution in [1.29, 1.82) is 0 Å². The van der Waals surface area contributed by atoms with E-state index in [1.54, 1.807) is 26.4 Å². The van der Waals surface area contributed by atoms with Gasteiger partial charge in [-0.3, -0.25) is 0 Å². The third-order valence-corrected chi connectivity index (χ3v) is 3.47. The van der Waals surface area contributed by atoms with Crippen LogP contribution < -0.4 is 9.67 Å². The maximum absolute atomic E-state index is 12.2. The Labute approximate surface area is 142 Å². The predicted octanol–water partition coefficient (Wildman–Crippen LogP) is 1.89. The first kappa shape index (κ1) is 20.6. The van der Waals surface area contributed by atoms with Crippen molar-refractivity contribution in [1.82, 2.24) is 4.90 Å². The number of unbranched alkanes of at least 4 members (excludes halogenated alkanes) is 2. The van der Waals surface area contributed by atoms with Crippen molar-refractivity contribution in [2.45, 2.75) is 44.9 Å². The number of amides is 1. The highest BCUT2D eigenvalue weighted by Gasteiger charge is 2.25. The Morgan fingerprint density at radius 3 is 2.50 bits per heavy atom. The summed E-state index contributed by atoms with van der Waals surface area (Å²) in [5, 5.41) is 11.0. The fourth-order valence-electron chi connectivity index (χ4n) is 2.38. The molecule has 1 amide bonds. The molecule has 0 bridgehead atoms. The van der Waals surface area contributed by atoms with Crippen LogP contribution >= 0.6 is 17.0 Å². The van der Waals surface area contributed by atoms with Crippen molar-refractivity contribution in [2.75, 3.05) is 14.1 Å². The van der Waals surface area contributed by atoms with E-state index in [0.29, 0.717) is 0 Å². The number of halogens is 1. The summed E-state index contributed by atoms with van der Waals surface area (Å²) in [6, 6.07) is 5.25. The van der Waals surface area contributed by atoms with Gasteiger partial charge in [0.25, 0.3) is 0 Å². The lowest BCUT2D eigenvalue weighted by Crippen LogP contribution is -2.52. The number of carboxylic acids is 1. The van der Waals surface area contributed by atoms with Crippen molar-refractivity contribution in [2.24, 2.45) is 0 Å². The Morgan fingerprint density at radius 1 is 1.27 bits per heavy atom.